The van der Waals surface area contributed by atoms with E-state index in [1.807, 2.05) is 0 Å². The van der Waals surface area contributed by atoms with Gasteiger partial charge in [0.15, 0.2) is 6.29 Å². The molecule has 0 amide bonds. The summed E-state index contributed by atoms with van der Waals surface area (Å²) in [5.41, 5.74) is 0. The maximum Gasteiger partial charge on any atom is 0.305 e. The molecule has 37 heavy (non-hydrogen) atoms. The molecule has 220 valence electrons. The highest BCUT2D eigenvalue weighted by molar-refractivity contribution is 5.69. The average molecular weight is 535 g/mol. The third-order valence-corrected chi connectivity index (χ3v) is 6.67. The average Bonchev–Trinajstić information content (AvgIpc) is 2.89. The van der Waals surface area contributed by atoms with Crippen molar-refractivity contribution in [3.05, 3.63) is 0 Å². The molecule has 0 radical (unpaired) electrons. The summed E-state index contributed by atoms with van der Waals surface area (Å²) in [7, 11) is 0. The lowest BCUT2D eigenvalue weighted by atomic mass is 10.0. The minimum absolute atomic E-state index is 0.161. The van der Waals surface area contributed by atoms with Gasteiger partial charge in [0.05, 0.1) is 39.1 Å². The van der Waals surface area contributed by atoms with E-state index in [0.29, 0.717) is 26.2 Å². The summed E-state index contributed by atoms with van der Waals surface area (Å²) < 4.78 is 26.7. The predicted octanol–water partition coefficient (Wildman–Crippen LogP) is 3.89. The van der Waals surface area contributed by atoms with Gasteiger partial charge < -0.3 is 39.0 Å². The van der Waals surface area contributed by atoms with Crippen LogP contribution in [0.5, 0.6) is 0 Å². The van der Waals surface area contributed by atoms with Crippen molar-refractivity contribution in [3.8, 4) is 0 Å². The van der Waals surface area contributed by atoms with Crippen LogP contribution < -0.4 is 0 Å². The Hall–Kier alpha value is -0.810. The molecule has 0 saturated carbocycles. The van der Waals surface area contributed by atoms with Crippen molar-refractivity contribution in [1.82, 2.24) is 0 Å². The maximum atomic E-state index is 11.8. The minimum atomic E-state index is -1.32. The van der Waals surface area contributed by atoms with E-state index in [0.717, 1.165) is 12.8 Å². The summed E-state index contributed by atoms with van der Waals surface area (Å²) in [5, 5.41) is 29.3. The second kappa shape index (κ2) is 23.1. The Kier molecular flexibility index (Phi) is 21.4. The van der Waals surface area contributed by atoms with E-state index >= 15 is 0 Å². The van der Waals surface area contributed by atoms with Crippen molar-refractivity contribution >= 4 is 5.97 Å². The standard InChI is InChI=1S/C28H54O9/c1-3-4-5-6-7-8-9-10-11-12-13-14-15-16-24(29)35-21-19-33-17-18-34-20-22-36-28-27(32)26(31)25(30)23(2)37-28/h23,25-28,30-32H,3-22H2,1-2H3/t23-,25-,26+,27+,28+/m0/s1. The second-order valence-electron chi connectivity index (χ2n) is 9.99. The lowest BCUT2D eigenvalue weighted by molar-refractivity contribution is -0.294. The number of aliphatic hydroxyl groups is 3. The Morgan fingerprint density at radius 2 is 1.14 bits per heavy atom. The number of hydrogen-bond acceptors (Lipinski definition) is 9. The molecular weight excluding hydrogens is 480 g/mol. The summed E-state index contributed by atoms with van der Waals surface area (Å²) >= 11 is 0. The monoisotopic (exact) mass is 534 g/mol. The van der Waals surface area contributed by atoms with E-state index in [1.165, 1.54) is 70.6 Å². The Labute approximate surface area is 224 Å². The van der Waals surface area contributed by atoms with Crippen molar-refractivity contribution in [3.63, 3.8) is 0 Å². The molecule has 1 aliphatic rings. The van der Waals surface area contributed by atoms with Gasteiger partial charge in [-0.15, -0.1) is 0 Å². The summed E-state index contributed by atoms with van der Waals surface area (Å²) in [4.78, 5) is 11.8. The molecule has 0 aromatic rings. The number of carbonyl (C=O) groups excluding carboxylic acids is 1. The molecule has 9 nitrogen and oxygen atoms in total. The van der Waals surface area contributed by atoms with Crippen LogP contribution in [-0.2, 0) is 28.5 Å². The van der Waals surface area contributed by atoms with Gasteiger partial charge >= 0.3 is 5.97 Å². The van der Waals surface area contributed by atoms with Crippen LogP contribution in [-0.4, -0.2) is 91.6 Å². The van der Waals surface area contributed by atoms with Crippen LogP contribution in [0.3, 0.4) is 0 Å². The topological polar surface area (TPSA) is 124 Å². The van der Waals surface area contributed by atoms with Gasteiger partial charge in [-0.05, 0) is 13.3 Å². The van der Waals surface area contributed by atoms with Crippen LogP contribution in [0, 0.1) is 0 Å². The smallest absolute Gasteiger partial charge is 0.305 e. The van der Waals surface area contributed by atoms with Gasteiger partial charge in [-0.1, -0.05) is 84.0 Å². The molecular formula is C28H54O9. The third-order valence-electron chi connectivity index (χ3n) is 6.67. The molecule has 5 atom stereocenters. The van der Waals surface area contributed by atoms with E-state index in [4.69, 9.17) is 23.7 Å². The van der Waals surface area contributed by atoms with E-state index in [1.54, 1.807) is 6.92 Å². The van der Waals surface area contributed by atoms with Crippen LogP contribution in [0.15, 0.2) is 0 Å². The van der Waals surface area contributed by atoms with Gasteiger partial charge in [-0.25, -0.2) is 0 Å². The molecule has 0 aromatic heterocycles. The Bertz CT molecular complexity index is 534. The van der Waals surface area contributed by atoms with E-state index in [-0.39, 0.29) is 25.8 Å². The molecule has 1 aliphatic heterocycles. The van der Waals surface area contributed by atoms with Crippen molar-refractivity contribution in [2.45, 2.75) is 134 Å². The first-order chi connectivity index (χ1) is 18.0. The molecule has 0 unspecified atom stereocenters. The lowest BCUT2D eigenvalue weighted by Crippen LogP contribution is -2.57. The van der Waals surface area contributed by atoms with Crippen molar-refractivity contribution in [1.29, 1.82) is 0 Å². The molecule has 3 N–H and O–H groups in total. The highest BCUT2D eigenvalue weighted by Crippen LogP contribution is 2.21. The quantitative estimate of drug-likeness (QED) is 0.125. The Morgan fingerprint density at radius 1 is 0.649 bits per heavy atom. The zero-order valence-electron chi connectivity index (χ0n) is 23.3. The van der Waals surface area contributed by atoms with Gasteiger partial charge in [0.25, 0.3) is 0 Å². The summed E-state index contributed by atoms with van der Waals surface area (Å²) in [6.07, 6.45) is 11.7. The summed E-state index contributed by atoms with van der Waals surface area (Å²) in [5.74, 6) is -0.167. The molecule has 0 aromatic carbocycles. The van der Waals surface area contributed by atoms with Gasteiger partial charge in [0.2, 0.25) is 0 Å². The lowest BCUT2D eigenvalue weighted by Gasteiger charge is -2.38. The number of hydrogen-bond donors (Lipinski definition) is 3. The summed E-state index contributed by atoms with van der Waals surface area (Å²) in [6, 6.07) is 0. The number of unbranched alkanes of at least 4 members (excludes halogenated alkanes) is 12. The molecule has 0 bridgehead atoms. The first-order valence-electron chi connectivity index (χ1n) is 14.6. The summed E-state index contributed by atoms with van der Waals surface area (Å²) in [6.45, 7) is 5.55. The number of carbonyl (C=O) groups is 1. The maximum absolute atomic E-state index is 11.8. The molecule has 0 aliphatic carbocycles. The first-order valence-corrected chi connectivity index (χ1v) is 14.6. The van der Waals surface area contributed by atoms with Crippen LogP contribution in [0.2, 0.25) is 0 Å². The first kappa shape index (κ1) is 34.2. The van der Waals surface area contributed by atoms with E-state index < -0.39 is 30.7 Å². The van der Waals surface area contributed by atoms with Crippen LogP contribution in [0.4, 0.5) is 0 Å². The van der Waals surface area contributed by atoms with Gasteiger partial charge in [-0.3, -0.25) is 4.79 Å². The van der Waals surface area contributed by atoms with Crippen LogP contribution in [0.25, 0.3) is 0 Å². The van der Waals surface area contributed by atoms with Gasteiger partial charge in [0.1, 0.15) is 24.9 Å². The largest absolute Gasteiger partial charge is 0.463 e. The fraction of sp³-hybridized carbons (Fsp3) is 0.964. The Morgan fingerprint density at radius 3 is 1.70 bits per heavy atom. The van der Waals surface area contributed by atoms with Crippen molar-refractivity contribution < 1.29 is 43.8 Å². The molecule has 9 heteroatoms. The van der Waals surface area contributed by atoms with Gasteiger partial charge in [0, 0.05) is 6.42 Å². The normalized spacial score (nSPS) is 23.9. The van der Waals surface area contributed by atoms with Gasteiger partial charge in [-0.2, -0.15) is 0 Å². The third kappa shape index (κ3) is 17.4. The second-order valence-corrected chi connectivity index (χ2v) is 9.99. The molecule has 1 heterocycles. The van der Waals surface area contributed by atoms with Crippen molar-refractivity contribution in [2.75, 3.05) is 39.6 Å². The van der Waals surface area contributed by atoms with E-state index in [2.05, 4.69) is 6.92 Å². The Balaban J connectivity index is 1.80. The van der Waals surface area contributed by atoms with Crippen LogP contribution in [0.1, 0.15) is 104 Å². The van der Waals surface area contributed by atoms with Crippen molar-refractivity contribution in [2.24, 2.45) is 0 Å². The molecule has 0 spiro atoms. The zero-order valence-corrected chi connectivity index (χ0v) is 23.3. The number of aliphatic hydroxyl groups excluding tert-OH is 3. The van der Waals surface area contributed by atoms with E-state index in [9.17, 15) is 20.1 Å². The highest BCUT2D eigenvalue weighted by Gasteiger charge is 2.42. The SMILES string of the molecule is CCCCCCCCCCCCCCCC(=O)OCCOCCOCCO[C@@H]1O[C@@H](C)[C@H](O)[C@@H](O)[C@H]1O. The highest BCUT2D eigenvalue weighted by atomic mass is 16.7. The van der Waals surface area contributed by atoms with Crippen LogP contribution >= 0.6 is 0 Å². The molecule has 1 saturated heterocycles. The number of ether oxygens (including phenoxy) is 5. The minimum Gasteiger partial charge on any atom is -0.463 e. The number of esters is 1. The molecule has 1 rings (SSSR count). The predicted molar refractivity (Wildman–Crippen MR) is 141 cm³/mol. The fourth-order valence-corrected chi connectivity index (χ4v) is 4.27. The number of rotatable bonds is 24. The fourth-order valence-electron chi connectivity index (χ4n) is 4.27. The molecule has 1 fully saturated rings. The zero-order chi connectivity index (χ0) is 27.1.